The van der Waals surface area contributed by atoms with E-state index in [1.165, 1.54) is 5.69 Å². The molecule has 2 fully saturated rings. The molecule has 6 nitrogen and oxygen atoms in total. The molecule has 1 aromatic carbocycles. The van der Waals surface area contributed by atoms with Crippen LogP contribution in [0, 0.1) is 5.92 Å². The summed E-state index contributed by atoms with van der Waals surface area (Å²) in [6.45, 7) is 5.21. The lowest BCUT2D eigenvalue weighted by Crippen LogP contribution is -2.45. The van der Waals surface area contributed by atoms with Crippen LogP contribution < -0.4 is 15.5 Å². The minimum absolute atomic E-state index is 0.160. The van der Waals surface area contributed by atoms with Crippen LogP contribution in [0.25, 0.3) is 0 Å². The second kappa shape index (κ2) is 8.54. The van der Waals surface area contributed by atoms with Gasteiger partial charge in [-0.25, -0.2) is 4.79 Å². The Labute approximate surface area is 150 Å². The van der Waals surface area contributed by atoms with E-state index in [9.17, 15) is 9.90 Å². The Morgan fingerprint density at radius 3 is 2.64 bits per heavy atom. The summed E-state index contributed by atoms with van der Waals surface area (Å²) in [4.78, 5) is 16.8. The molecule has 0 unspecified atom stereocenters. The Bertz CT molecular complexity index is 572. The van der Waals surface area contributed by atoms with Gasteiger partial charge >= 0.3 is 6.03 Å². The Morgan fingerprint density at radius 2 is 1.92 bits per heavy atom. The second-order valence-electron chi connectivity index (χ2n) is 7.24. The maximum atomic E-state index is 12.1. The van der Waals surface area contributed by atoms with Gasteiger partial charge < -0.3 is 25.5 Å². The van der Waals surface area contributed by atoms with Gasteiger partial charge in [0.15, 0.2) is 0 Å². The predicted octanol–water partition coefficient (Wildman–Crippen LogP) is 1.40. The average molecular weight is 346 g/mol. The second-order valence-corrected chi connectivity index (χ2v) is 7.24. The van der Waals surface area contributed by atoms with Crippen molar-refractivity contribution in [1.29, 1.82) is 0 Å². The molecular weight excluding hydrogens is 316 g/mol. The van der Waals surface area contributed by atoms with Gasteiger partial charge in [-0.15, -0.1) is 0 Å². The number of para-hydroxylation sites is 1. The Balaban J connectivity index is 1.50. The van der Waals surface area contributed by atoms with Gasteiger partial charge in [0.05, 0.1) is 6.10 Å². The summed E-state index contributed by atoms with van der Waals surface area (Å²) in [6, 6.07) is 8.12. The standard InChI is InChI=1S/C19H30N4O2/c1-22-9-11-23(12-10-22)17-7-3-2-5-15(17)13-20-19(25)21-14-16-6-4-8-18(16)24/h2-3,5,7,16,18,24H,4,6,8-14H2,1H3,(H2,20,21,25)/t16-,18-/m1/s1. The zero-order valence-corrected chi connectivity index (χ0v) is 15.1. The fourth-order valence-corrected chi connectivity index (χ4v) is 3.73. The highest BCUT2D eigenvalue weighted by Crippen LogP contribution is 2.24. The summed E-state index contributed by atoms with van der Waals surface area (Å²) in [7, 11) is 2.15. The van der Waals surface area contributed by atoms with Gasteiger partial charge in [0.2, 0.25) is 0 Å². The normalized spacial score (nSPS) is 24.3. The lowest BCUT2D eigenvalue weighted by molar-refractivity contribution is 0.132. The number of hydrogen-bond donors (Lipinski definition) is 3. The van der Waals surface area contributed by atoms with Crippen molar-refractivity contribution in [3.63, 3.8) is 0 Å². The molecular formula is C19H30N4O2. The number of carbonyl (C=O) groups is 1. The highest BCUT2D eigenvalue weighted by atomic mass is 16.3. The minimum atomic E-state index is -0.266. The third-order valence-electron chi connectivity index (χ3n) is 5.42. The maximum Gasteiger partial charge on any atom is 0.315 e. The van der Waals surface area contributed by atoms with E-state index in [1.54, 1.807) is 0 Å². The molecule has 2 atom stereocenters. The van der Waals surface area contributed by atoms with E-state index in [0.29, 0.717) is 13.1 Å². The Morgan fingerprint density at radius 1 is 1.16 bits per heavy atom. The largest absolute Gasteiger partial charge is 0.393 e. The van der Waals surface area contributed by atoms with Crippen molar-refractivity contribution in [3.8, 4) is 0 Å². The molecule has 25 heavy (non-hydrogen) atoms. The molecule has 1 aliphatic carbocycles. The molecule has 2 amide bonds. The topological polar surface area (TPSA) is 67.8 Å². The number of hydrogen-bond acceptors (Lipinski definition) is 4. The van der Waals surface area contributed by atoms with Crippen LogP contribution in [-0.2, 0) is 6.54 Å². The summed E-state index contributed by atoms with van der Waals surface area (Å²) < 4.78 is 0. The zero-order valence-electron chi connectivity index (χ0n) is 15.1. The van der Waals surface area contributed by atoms with Crippen molar-refractivity contribution >= 4 is 11.7 Å². The summed E-state index contributed by atoms with van der Waals surface area (Å²) >= 11 is 0. The van der Waals surface area contributed by atoms with Gasteiger partial charge in [-0.2, -0.15) is 0 Å². The number of aliphatic hydroxyl groups is 1. The molecule has 3 rings (SSSR count). The van der Waals surface area contributed by atoms with Crippen LogP contribution in [0.15, 0.2) is 24.3 Å². The number of piperazine rings is 1. The van der Waals surface area contributed by atoms with E-state index in [-0.39, 0.29) is 18.1 Å². The number of benzene rings is 1. The molecule has 1 aromatic rings. The summed E-state index contributed by atoms with van der Waals surface area (Å²) in [5.41, 5.74) is 2.35. The summed E-state index contributed by atoms with van der Waals surface area (Å²) in [6.07, 6.45) is 2.63. The molecule has 1 saturated carbocycles. The van der Waals surface area contributed by atoms with Gasteiger partial charge in [0.25, 0.3) is 0 Å². The van der Waals surface area contributed by atoms with Crippen molar-refractivity contribution < 1.29 is 9.90 Å². The number of nitrogens with one attached hydrogen (secondary N) is 2. The van der Waals surface area contributed by atoms with Crippen molar-refractivity contribution in [2.45, 2.75) is 31.9 Å². The minimum Gasteiger partial charge on any atom is -0.393 e. The van der Waals surface area contributed by atoms with Gasteiger partial charge in [-0.1, -0.05) is 24.6 Å². The van der Waals surface area contributed by atoms with Crippen LogP contribution in [0.5, 0.6) is 0 Å². The molecule has 1 saturated heterocycles. The van der Waals surface area contributed by atoms with E-state index >= 15 is 0 Å². The van der Waals surface area contributed by atoms with E-state index in [4.69, 9.17) is 0 Å². The van der Waals surface area contributed by atoms with E-state index < -0.39 is 0 Å². The first-order chi connectivity index (χ1) is 12.1. The monoisotopic (exact) mass is 346 g/mol. The van der Waals surface area contributed by atoms with Gasteiger partial charge in [-0.3, -0.25) is 0 Å². The molecule has 3 N–H and O–H groups in total. The lowest BCUT2D eigenvalue weighted by Gasteiger charge is -2.35. The lowest BCUT2D eigenvalue weighted by atomic mass is 10.1. The third kappa shape index (κ3) is 4.86. The van der Waals surface area contributed by atoms with E-state index in [0.717, 1.165) is 51.0 Å². The highest BCUT2D eigenvalue weighted by Gasteiger charge is 2.25. The quantitative estimate of drug-likeness (QED) is 0.754. The number of likely N-dealkylation sites (N-methyl/N-ethyl adjacent to an activating group) is 1. The van der Waals surface area contributed by atoms with E-state index in [2.05, 4.69) is 45.7 Å². The number of rotatable bonds is 5. The van der Waals surface area contributed by atoms with Crippen LogP contribution in [0.3, 0.4) is 0 Å². The van der Waals surface area contributed by atoms with Crippen LogP contribution in [0.4, 0.5) is 10.5 Å². The van der Waals surface area contributed by atoms with Crippen molar-refractivity contribution in [2.75, 3.05) is 44.7 Å². The smallest absolute Gasteiger partial charge is 0.315 e. The predicted molar refractivity (Wildman–Crippen MR) is 99.7 cm³/mol. The molecule has 138 valence electrons. The first kappa shape index (κ1) is 18.0. The third-order valence-corrected chi connectivity index (χ3v) is 5.42. The SMILES string of the molecule is CN1CCN(c2ccccc2CNC(=O)NC[C@H]2CCC[C@H]2O)CC1. The number of aliphatic hydroxyl groups excluding tert-OH is 1. The molecule has 6 heteroatoms. The van der Waals surface area contributed by atoms with Crippen LogP contribution in [0.1, 0.15) is 24.8 Å². The molecule has 0 radical (unpaired) electrons. The highest BCUT2D eigenvalue weighted by molar-refractivity contribution is 5.74. The number of urea groups is 1. The Hall–Kier alpha value is -1.79. The number of amides is 2. The molecule has 1 aliphatic heterocycles. The molecule has 0 aromatic heterocycles. The molecule has 2 aliphatic rings. The first-order valence-corrected chi connectivity index (χ1v) is 9.34. The summed E-state index contributed by atoms with van der Waals surface area (Å²) in [5.74, 6) is 0.198. The van der Waals surface area contributed by atoms with Crippen molar-refractivity contribution in [1.82, 2.24) is 15.5 Å². The molecule has 1 heterocycles. The van der Waals surface area contributed by atoms with Gasteiger partial charge in [-0.05, 0) is 31.5 Å². The fourth-order valence-electron chi connectivity index (χ4n) is 3.73. The summed E-state index contributed by atoms with van der Waals surface area (Å²) in [5, 5.41) is 15.7. The maximum absolute atomic E-state index is 12.1. The van der Waals surface area contributed by atoms with Gasteiger partial charge in [0, 0.05) is 50.9 Å². The number of carbonyl (C=O) groups excluding carboxylic acids is 1. The van der Waals surface area contributed by atoms with Crippen LogP contribution in [0.2, 0.25) is 0 Å². The average Bonchev–Trinajstić information content (AvgIpc) is 3.04. The van der Waals surface area contributed by atoms with Crippen LogP contribution >= 0.6 is 0 Å². The van der Waals surface area contributed by atoms with Crippen molar-refractivity contribution in [3.05, 3.63) is 29.8 Å². The number of anilines is 1. The number of nitrogens with zero attached hydrogens (tertiary/aromatic N) is 2. The molecule has 0 bridgehead atoms. The molecule has 0 spiro atoms. The Kier molecular flexibility index (Phi) is 6.15. The first-order valence-electron chi connectivity index (χ1n) is 9.34. The van der Waals surface area contributed by atoms with E-state index in [1.807, 2.05) is 6.07 Å². The zero-order chi connectivity index (χ0) is 17.6. The fraction of sp³-hybridized carbons (Fsp3) is 0.632. The van der Waals surface area contributed by atoms with Crippen LogP contribution in [-0.4, -0.2) is 61.9 Å². The van der Waals surface area contributed by atoms with Gasteiger partial charge in [0.1, 0.15) is 0 Å². The van der Waals surface area contributed by atoms with Crippen molar-refractivity contribution in [2.24, 2.45) is 5.92 Å².